The lowest BCUT2D eigenvalue weighted by Gasteiger charge is -2.31. The van der Waals surface area contributed by atoms with Gasteiger partial charge in [-0.15, -0.1) is 0 Å². The highest BCUT2D eigenvalue weighted by molar-refractivity contribution is 5.75. The van der Waals surface area contributed by atoms with Crippen molar-refractivity contribution < 1.29 is 14.3 Å². The molecule has 7 atom stereocenters. The van der Waals surface area contributed by atoms with Crippen LogP contribution in [-0.2, 0) is 14.3 Å². The molecule has 5 fully saturated rings. The van der Waals surface area contributed by atoms with Crippen LogP contribution in [0.25, 0.3) is 0 Å². The molecule has 0 bridgehead atoms. The van der Waals surface area contributed by atoms with E-state index in [2.05, 4.69) is 18.4 Å². The molecule has 0 spiro atoms. The van der Waals surface area contributed by atoms with Gasteiger partial charge in [0.2, 0.25) is 0 Å². The van der Waals surface area contributed by atoms with Crippen LogP contribution in [-0.4, -0.2) is 48.3 Å². The van der Waals surface area contributed by atoms with E-state index in [1.54, 1.807) is 0 Å². The second-order valence-electron chi connectivity index (χ2n) is 8.53. The maximum atomic E-state index is 12.6. The van der Waals surface area contributed by atoms with Gasteiger partial charge in [-0.05, 0) is 58.0 Å². The van der Waals surface area contributed by atoms with Crippen molar-refractivity contribution in [3.8, 4) is 0 Å². The first kappa shape index (κ1) is 14.5. The molecule has 4 heteroatoms. The van der Waals surface area contributed by atoms with E-state index in [-0.39, 0.29) is 23.6 Å². The van der Waals surface area contributed by atoms with Gasteiger partial charge >= 0.3 is 5.97 Å². The molecule has 0 aromatic heterocycles. The highest BCUT2D eigenvalue weighted by Crippen LogP contribution is 2.63. The Labute approximate surface area is 138 Å². The Hall–Kier alpha value is -0.870. The minimum atomic E-state index is -0.0658. The number of likely N-dealkylation sites (tertiary alicyclic amines) is 1. The SMILES string of the molecule is C=C1CC[C@@H]2[C@H](OC(=O)[C@@H]2CN2CCCC2)[C@@H]2[C@H]1C[C@@H]1O[C@@]21C. The molecule has 5 rings (SSSR count). The zero-order valence-corrected chi connectivity index (χ0v) is 14.0. The first-order valence-electron chi connectivity index (χ1n) is 9.36. The number of carbonyl (C=O) groups is 1. The summed E-state index contributed by atoms with van der Waals surface area (Å²) in [6.45, 7) is 9.77. The molecule has 23 heavy (non-hydrogen) atoms. The largest absolute Gasteiger partial charge is 0.461 e. The molecule has 126 valence electrons. The van der Waals surface area contributed by atoms with Crippen molar-refractivity contribution >= 4 is 5.97 Å². The summed E-state index contributed by atoms with van der Waals surface area (Å²) in [5, 5.41) is 0. The van der Waals surface area contributed by atoms with Crippen LogP contribution in [0, 0.1) is 23.7 Å². The molecule has 5 aliphatic rings. The molecular formula is C19H27NO3. The fourth-order valence-corrected chi connectivity index (χ4v) is 6.01. The molecule has 0 amide bonds. The predicted molar refractivity (Wildman–Crippen MR) is 85.8 cm³/mol. The number of epoxide rings is 1. The maximum Gasteiger partial charge on any atom is 0.310 e. The number of ether oxygens (including phenoxy) is 2. The zero-order valence-electron chi connectivity index (χ0n) is 14.0. The quantitative estimate of drug-likeness (QED) is 0.445. The summed E-state index contributed by atoms with van der Waals surface area (Å²) in [4.78, 5) is 15.1. The Morgan fingerprint density at radius 3 is 2.91 bits per heavy atom. The van der Waals surface area contributed by atoms with Crippen LogP contribution < -0.4 is 0 Å². The van der Waals surface area contributed by atoms with Gasteiger partial charge in [0.05, 0.1) is 17.6 Å². The van der Waals surface area contributed by atoms with Crippen LogP contribution in [0.3, 0.4) is 0 Å². The van der Waals surface area contributed by atoms with Crippen LogP contribution in [0.1, 0.15) is 39.0 Å². The topological polar surface area (TPSA) is 42.1 Å². The van der Waals surface area contributed by atoms with Crippen molar-refractivity contribution in [2.45, 2.75) is 56.8 Å². The van der Waals surface area contributed by atoms with Gasteiger partial charge in [0.1, 0.15) is 6.10 Å². The molecule has 3 aliphatic heterocycles. The monoisotopic (exact) mass is 317 g/mol. The lowest BCUT2D eigenvalue weighted by atomic mass is 9.77. The summed E-state index contributed by atoms with van der Waals surface area (Å²) in [7, 11) is 0. The van der Waals surface area contributed by atoms with Crippen molar-refractivity contribution in [1.29, 1.82) is 0 Å². The van der Waals surface area contributed by atoms with Crippen molar-refractivity contribution in [1.82, 2.24) is 4.90 Å². The summed E-state index contributed by atoms with van der Waals surface area (Å²) in [5.74, 6) is 1.29. The lowest BCUT2D eigenvalue weighted by Crippen LogP contribution is -2.39. The van der Waals surface area contributed by atoms with Crippen molar-refractivity contribution in [2.24, 2.45) is 23.7 Å². The Balaban J connectivity index is 1.43. The minimum absolute atomic E-state index is 0.0471. The van der Waals surface area contributed by atoms with E-state index in [4.69, 9.17) is 9.47 Å². The molecule has 3 saturated heterocycles. The normalized spacial score (nSPS) is 51.9. The average molecular weight is 317 g/mol. The summed E-state index contributed by atoms with van der Waals surface area (Å²) in [6.07, 6.45) is 6.15. The number of fused-ring (bicyclic) bond motifs is 5. The molecule has 2 saturated carbocycles. The zero-order chi connectivity index (χ0) is 15.8. The third-order valence-electron chi connectivity index (χ3n) is 7.37. The molecule has 0 unspecified atom stereocenters. The number of hydrogen-bond acceptors (Lipinski definition) is 4. The van der Waals surface area contributed by atoms with Crippen LogP contribution in [0.4, 0.5) is 0 Å². The van der Waals surface area contributed by atoms with Crippen molar-refractivity contribution in [2.75, 3.05) is 19.6 Å². The van der Waals surface area contributed by atoms with E-state index in [0.29, 0.717) is 23.9 Å². The Bertz CT molecular complexity index is 555. The molecule has 3 heterocycles. The van der Waals surface area contributed by atoms with Gasteiger partial charge in [-0.1, -0.05) is 12.2 Å². The van der Waals surface area contributed by atoms with Crippen LogP contribution in [0.2, 0.25) is 0 Å². The van der Waals surface area contributed by atoms with Gasteiger partial charge in [-0.25, -0.2) is 0 Å². The van der Waals surface area contributed by atoms with Crippen LogP contribution in [0.15, 0.2) is 12.2 Å². The van der Waals surface area contributed by atoms with E-state index in [1.807, 2.05) is 0 Å². The fourth-order valence-electron chi connectivity index (χ4n) is 6.01. The standard InChI is InChI=1S/C19H27NO3/c1-11-5-6-12-14(10-20-7-3-4-8-20)18(21)22-17(12)16-13(11)9-15-19(16,2)23-15/h12-17H,1,3-10H2,2H3/t12-,13-,14+,15-,16-,17-,19+/m0/s1. The van der Waals surface area contributed by atoms with E-state index < -0.39 is 0 Å². The molecule has 0 N–H and O–H groups in total. The minimum Gasteiger partial charge on any atom is -0.461 e. The molecule has 4 nitrogen and oxygen atoms in total. The van der Waals surface area contributed by atoms with Gasteiger partial charge in [0, 0.05) is 18.4 Å². The summed E-state index contributed by atoms with van der Waals surface area (Å²) >= 11 is 0. The van der Waals surface area contributed by atoms with E-state index in [0.717, 1.165) is 38.9 Å². The van der Waals surface area contributed by atoms with Gasteiger partial charge < -0.3 is 14.4 Å². The van der Waals surface area contributed by atoms with Gasteiger partial charge in [0.25, 0.3) is 0 Å². The highest BCUT2D eigenvalue weighted by atomic mass is 16.6. The second kappa shape index (κ2) is 4.82. The third-order valence-corrected chi connectivity index (χ3v) is 7.37. The number of nitrogens with zero attached hydrogens (tertiary/aromatic N) is 1. The summed E-state index contributed by atoms with van der Waals surface area (Å²) in [6, 6.07) is 0. The molecule has 0 radical (unpaired) electrons. The molecular weight excluding hydrogens is 290 g/mol. The first-order chi connectivity index (χ1) is 11.1. The number of carbonyl (C=O) groups excluding carboxylic acids is 1. The van der Waals surface area contributed by atoms with E-state index in [1.165, 1.54) is 18.4 Å². The maximum absolute atomic E-state index is 12.6. The van der Waals surface area contributed by atoms with Crippen molar-refractivity contribution in [3.63, 3.8) is 0 Å². The highest BCUT2D eigenvalue weighted by Gasteiger charge is 2.71. The third kappa shape index (κ3) is 2.00. The predicted octanol–water partition coefficient (Wildman–Crippen LogP) is 2.38. The van der Waals surface area contributed by atoms with Gasteiger partial charge in [0.15, 0.2) is 0 Å². The van der Waals surface area contributed by atoms with Crippen molar-refractivity contribution in [3.05, 3.63) is 12.2 Å². The molecule has 0 aromatic carbocycles. The van der Waals surface area contributed by atoms with E-state index >= 15 is 0 Å². The first-order valence-corrected chi connectivity index (χ1v) is 9.36. The summed E-state index contributed by atoms with van der Waals surface area (Å²) < 4.78 is 12.0. The molecule has 2 aliphatic carbocycles. The Morgan fingerprint density at radius 1 is 1.35 bits per heavy atom. The molecule has 0 aromatic rings. The number of hydrogen-bond donors (Lipinski definition) is 0. The number of esters is 1. The van der Waals surface area contributed by atoms with Gasteiger partial charge in [-0.2, -0.15) is 0 Å². The second-order valence-corrected chi connectivity index (χ2v) is 8.53. The van der Waals surface area contributed by atoms with Crippen LogP contribution in [0.5, 0.6) is 0 Å². The Morgan fingerprint density at radius 2 is 2.13 bits per heavy atom. The number of rotatable bonds is 2. The lowest BCUT2D eigenvalue weighted by molar-refractivity contribution is -0.147. The Kier molecular flexibility index (Phi) is 3.04. The smallest absolute Gasteiger partial charge is 0.310 e. The number of allylic oxidation sites excluding steroid dienone is 1. The van der Waals surface area contributed by atoms with Gasteiger partial charge in [-0.3, -0.25) is 4.79 Å². The van der Waals surface area contributed by atoms with Crippen LogP contribution >= 0.6 is 0 Å². The average Bonchev–Trinajstić information content (AvgIpc) is 2.86. The van der Waals surface area contributed by atoms with E-state index in [9.17, 15) is 4.79 Å². The fraction of sp³-hybridized carbons (Fsp3) is 0.842. The summed E-state index contributed by atoms with van der Waals surface area (Å²) in [5.41, 5.74) is 1.31.